The number of aromatic nitrogens is 1. The quantitative estimate of drug-likeness (QED) is 0.936. The van der Waals surface area contributed by atoms with Crippen LogP contribution in [0, 0.1) is 6.92 Å². The molecule has 1 aromatic heterocycles. The second kappa shape index (κ2) is 6.17. The number of nitrogens with two attached hydrogens (primary N) is 1. The fourth-order valence-corrected chi connectivity index (χ4v) is 2.61. The summed E-state index contributed by atoms with van der Waals surface area (Å²) in [4.78, 5) is 4.18. The molecule has 0 saturated heterocycles. The van der Waals surface area contributed by atoms with E-state index in [2.05, 4.69) is 40.0 Å². The Morgan fingerprint density at radius 1 is 1.21 bits per heavy atom. The summed E-state index contributed by atoms with van der Waals surface area (Å²) in [6, 6.07) is 7.92. The zero-order valence-electron chi connectivity index (χ0n) is 11.1. The number of pyridine rings is 1. The van der Waals surface area contributed by atoms with Gasteiger partial charge in [0.15, 0.2) is 0 Å². The summed E-state index contributed by atoms with van der Waals surface area (Å²) < 4.78 is 6.49. The molecule has 0 radical (unpaired) electrons. The van der Waals surface area contributed by atoms with Gasteiger partial charge in [0, 0.05) is 10.7 Å². The minimum atomic E-state index is -0.205. The molecule has 0 aliphatic heterocycles. The number of ether oxygens (including phenoxy) is 1. The molecule has 2 aromatic rings. The number of rotatable bonds is 4. The maximum Gasteiger partial charge on any atom is 0.137 e. The Balaban J connectivity index is 2.32. The molecule has 100 valence electrons. The Morgan fingerprint density at radius 2 is 2.00 bits per heavy atom. The third-order valence-corrected chi connectivity index (χ3v) is 3.29. The fourth-order valence-electron chi connectivity index (χ4n) is 1.99. The topological polar surface area (TPSA) is 48.1 Å². The van der Waals surface area contributed by atoms with Crippen LogP contribution in [0.4, 0.5) is 0 Å². The van der Waals surface area contributed by atoms with Crippen LogP contribution in [0.25, 0.3) is 0 Å². The van der Waals surface area contributed by atoms with E-state index in [4.69, 9.17) is 10.5 Å². The monoisotopic (exact) mass is 320 g/mol. The van der Waals surface area contributed by atoms with E-state index >= 15 is 0 Å². The molecule has 0 fully saturated rings. The predicted octanol–water partition coefficient (Wildman–Crippen LogP) is 3.60. The smallest absolute Gasteiger partial charge is 0.137 e. The minimum absolute atomic E-state index is 0.205. The van der Waals surface area contributed by atoms with E-state index in [1.54, 1.807) is 12.4 Å². The average molecular weight is 321 g/mol. The standard InChI is InChI=1S/C15H17BrN2O/c1-3-19-14-7-12(8-18-9-14)15(17)11-4-10(2)5-13(16)6-11/h4-9,15H,3,17H2,1-2H3. The number of hydrogen-bond donors (Lipinski definition) is 1. The Labute approximate surface area is 121 Å². The summed E-state index contributed by atoms with van der Waals surface area (Å²) in [5.74, 6) is 0.752. The Bertz CT molecular complexity index is 552. The van der Waals surface area contributed by atoms with E-state index in [9.17, 15) is 0 Å². The molecule has 3 nitrogen and oxygen atoms in total. The van der Waals surface area contributed by atoms with Gasteiger partial charge in [0.05, 0.1) is 18.8 Å². The Kier molecular flexibility index (Phi) is 4.56. The molecule has 1 unspecified atom stereocenters. The highest BCUT2D eigenvalue weighted by Crippen LogP contribution is 2.25. The van der Waals surface area contributed by atoms with Crippen molar-refractivity contribution in [3.05, 3.63) is 57.8 Å². The van der Waals surface area contributed by atoms with Crippen molar-refractivity contribution in [3.8, 4) is 5.75 Å². The molecular weight excluding hydrogens is 304 g/mol. The van der Waals surface area contributed by atoms with Gasteiger partial charge in [0.25, 0.3) is 0 Å². The first-order valence-electron chi connectivity index (χ1n) is 6.20. The van der Waals surface area contributed by atoms with Crippen LogP contribution in [0.1, 0.15) is 29.7 Å². The van der Waals surface area contributed by atoms with E-state index in [1.807, 2.05) is 19.1 Å². The molecular formula is C15H17BrN2O. The predicted molar refractivity (Wildman–Crippen MR) is 80.3 cm³/mol. The number of halogens is 1. The second-order valence-corrected chi connectivity index (χ2v) is 5.34. The molecule has 0 amide bonds. The number of aryl methyl sites for hydroxylation is 1. The average Bonchev–Trinajstić information content (AvgIpc) is 2.37. The number of benzene rings is 1. The van der Waals surface area contributed by atoms with Gasteiger partial charge in [0.1, 0.15) is 5.75 Å². The molecule has 0 aliphatic rings. The highest BCUT2D eigenvalue weighted by Gasteiger charge is 2.11. The lowest BCUT2D eigenvalue weighted by molar-refractivity contribution is 0.338. The third-order valence-electron chi connectivity index (χ3n) is 2.83. The van der Waals surface area contributed by atoms with Crippen LogP contribution >= 0.6 is 15.9 Å². The summed E-state index contributed by atoms with van der Waals surface area (Å²) in [6.07, 6.45) is 3.48. The highest BCUT2D eigenvalue weighted by molar-refractivity contribution is 9.10. The molecule has 0 bridgehead atoms. The fraction of sp³-hybridized carbons (Fsp3) is 0.267. The van der Waals surface area contributed by atoms with Gasteiger partial charge in [0.2, 0.25) is 0 Å². The first-order chi connectivity index (χ1) is 9.10. The van der Waals surface area contributed by atoms with Crippen LogP contribution in [0.5, 0.6) is 5.75 Å². The van der Waals surface area contributed by atoms with Crippen LogP contribution in [0.3, 0.4) is 0 Å². The normalized spacial score (nSPS) is 12.2. The van der Waals surface area contributed by atoms with Crippen molar-refractivity contribution in [2.45, 2.75) is 19.9 Å². The van der Waals surface area contributed by atoms with Crippen molar-refractivity contribution in [2.24, 2.45) is 5.73 Å². The van der Waals surface area contributed by atoms with Crippen molar-refractivity contribution in [2.75, 3.05) is 6.61 Å². The number of hydrogen-bond acceptors (Lipinski definition) is 3. The largest absolute Gasteiger partial charge is 0.492 e. The van der Waals surface area contributed by atoms with E-state index in [-0.39, 0.29) is 6.04 Å². The first kappa shape index (κ1) is 14.0. The van der Waals surface area contributed by atoms with Crippen molar-refractivity contribution in [1.82, 2.24) is 4.98 Å². The van der Waals surface area contributed by atoms with Crippen LogP contribution < -0.4 is 10.5 Å². The van der Waals surface area contributed by atoms with E-state index in [0.29, 0.717) is 6.61 Å². The zero-order chi connectivity index (χ0) is 13.8. The first-order valence-corrected chi connectivity index (χ1v) is 7.00. The Hall–Kier alpha value is -1.39. The van der Waals surface area contributed by atoms with Crippen molar-refractivity contribution < 1.29 is 4.74 Å². The van der Waals surface area contributed by atoms with Gasteiger partial charge in [-0.15, -0.1) is 0 Å². The molecule has 0 saturated carbocycles. The van der Waals surface area contributed by atoms with Crippen LogP contribution in [-0.2, 0) is 0 Å². The molecule has 19 heavy (non-hydrogen) atoms. The molecule has 4 heteroatoms. The van der Waals surface area contributed by atoms with Crippen molar-refractivity contribution >= 4 is 15.9 Å². The summed E-state index contributed by atoms with van der Waals surface area (Å²) in [5.41, 5.74) is 9.48. The van der Waals surface area contributed by atoms with Gasteiger partial charge in [-0.05, 0) is 48.7 Å². The lowest BCUT2D eigenvalue weighted by Gasteiger charge is -2.14. The molecule has 2 N–H and O–H groups in total. The van der Waals surface area contributed by atoms with Gasteiger partial charge >= 0.3 is 0 Å². The van der Waals surface area contributed by atoms with Crippen molar-refractivity contribution in [1.29, 1.82) is 0 Å². The van der Waals surface area contributed by atoms with Gasteiger partial charge in [-0.2, -0.15) is 0 Å². The van der Waals surface area contributed by atoms with Crippen LogP contribution in [0.15, 0.2) is 41.1 Å². The van der Waals surface area contributed by atoms with Crippen molar-refractivity contribution in [3.63, 3.8) is 0 Å². The maximum absolute atomic E-state index is 6.30. The molecule has 0 aliphatic carbocycles. The van der Waals surface area contributed by atoms with E-state index in [1.165, 1.54) is 5.56 Å². The van der Waals surface area contributed by atoms with Gasteiger partial charge in [-0.1, -0.05) is 22.0 Å². The second-order valence-electron chi connectivity index (χ2n) is 4.43. The third kappa shape index (κ3) is 3.55. The van der Waals surface area contributed by atoms with E-state index < -0.39 is 0 Å². The van der Waals surface area contributed by atoms with E-state index in [0.717, 1.165) is 21.3 Å². The van der Waals surface area contributed by atoms with Gasteiger partial charge in [-0.3, -0.25) is 4.98 Å². The molecule has 2 rings (SSSR count). The van der Waals surface area contributed by atoms with Gasteiger partial charge in [-0.25, -0.2) is 0 Å². The summed E-state index contributed by atoms with van der Waals surface area (Å²) >= 11 is 3.50. The lowest BCUT2D eigenvalue weighted by atomic mass is 9.99. The maximum atomic E-state index is 6.30. The summed E-state index contributed by atoms with van der Waals surface area (Å²) in [6.45, 7) is 4.62. The Morgan fingerprint density at radius 3 is 2.68 bits per heavy atom. The summed E-state index contributed by atoms with van der Waals surface area (Å²) in [5, 5.41) is 0. The number of nitrogens with zero attached hydrogens (tertiary/aromatic N) is 1. The van der Waals surface area contributed by atoms with Crippen LogP contribution in [-0.4, -0.2) is 11.6 Å². The highest BCUT2D eigenvalue weighted by atomic mass is 79.9. The SMILES string of the molecule is CCOc1cncc(C(N)c2cc(C)cc(Br)c2)c1. The summed E-state index contributed by atoms with van der Waals surface area (Å²) in [7, 11) is 0. The minimum Gasteiger partial charge on any atom is -0.492 e. The molecule has 0 spiro atoms. The molecule has 1 aromatic carbocycles. The zero-order valence-corrected chi connectivity index (χ0v) is 12.6. The lowest BCUT2D eigenvalue weighted by Crippen LogP contribution is -2.12. The van der Waals surface area contributed by atoms with Gasteiger partial charge < -0.3 is 10.5 Å². The van der Waals surface area contributed by atoms with Crippen LogP contribution in [0.2, 0.25) is 0 Å². The molecule has 1 atom stereocenters. The molecule has 1 heterocycles.